The van der Waals surface area contributed by atoms with E-state index in [4.69, 9.17) is 9.47 Å². The molecule has 0 aromatic heterocycles. The Hall–Kier alpha value is -0.770. The first-order valence-corrected chi connectivity index (χ1v) is 4.60. The largest absolute Gasteiger partial charge is 0.508 e. The third-order valence-electron chi connectivity index (χ3n) is 1.44. The molecule has 0 bridgehead atoms. The number of hydrogen-bond acceptors (Lipinski definition) is 4. The molecule has 4 nitrogen and oxygen atoms in total. The predicted octanol–water partition coefficient (Wildman–Crippen LogP) is 2.90. The number of ether oxygens (including phenoxy) is 2. The molecular weight excluding hydrogens is 170 g/mol. The average Bonchev–Trinajstić information content (AvgIpc) is 2.06. The summed E-state index contributed by atoms with van der Waals surface area (Å²) in [6.45, 7) is 5.04. The van der Waals surface area contributed by atoms with Gasteiger partial charge in [0, 0.05) is 0 Å². The van der Waals surface area contributed by atoms with Gasteiger partial charge < -0.3 is 15.6 Å². The Morgan fingerprint density at radius 2 is 1.38 bits per heavy atom. The van der Waals surface area contributed by atoms with Crippen molar-refractivity contribution in [2.24, 2.45) is 0 Å². The van der Waals surface area contributed by atoms with E-state index in [0.717, 1.165) is 25.7 Å². The second-order valence-electron chi connectivity index (χ2n) is 2.65. The van der Waals surface area contributed by atoms with E-state index >= 15 is 0 Å². The summed E-state index contributed by atoms with van der Waals surface area (Å²) in [6.07, 6.45) is 3.34. The van der Waals surface area contributed by atoms with Crippen molar-refractivity contribution in [3.05, 3.63) is 0 Å². The van der Waals surface area contributed by atoms with Crippen LogP contribution in [0.5, 0.6) is 0 Å². The van der Waals surface area contributed by atoms with Crippen molar-refractivity contribution < 1.29 is 14.3 Å². The standard InChI is InChI=1S/C9H18O3.H3N/c1-3-5-7-11-9(10)12-8-6-4-2;/h3-8H2,1-2H3;1H3. The zero-order chi connectivity index (χ0) is 9.23. The maximum absolute atomic E-state index is 10.7. The first kappa shape index (κ1) is 14.7. The Morgan fingerprint density at radius 1 is 1.00 bits per heavy atom. The Morgan fingerprint density at radius 3 is 1.69 bits per heavy atom. The second-order valence-corrected chi connectivity index (χ2v) is 2.65. The summed E-state index contributed by atoms with van der Waals surface area (Å²) in [5.41, 5.74) is 0. The van der Waals surface area contributed by atoms with Crippen LogP contribution >= 0.6 is 0 Å². The highest BCUT2D eigenvalue weighted by atomic mass is 16.7. The zero-order valence-corrected chi connectivity index (χ0v) is 8.67. The summed E-state index contributed by atoms with van der Waals surface area (Å²) in [5.74, 6) is 0. The average molecular weight is 191 g/mol. The topological polar surface area (TPSA) is 70.5 Å². The predicted molar refractivity (Wildman–Crippen MR) is 52.1 cm³/mol. The summed E-state index contributed by atoms with van der Waals surface area (Å²) in [7, 11) is 0. The molecule has 0 rings (SSSR count). The monoisotopic (exact) mass is 191 g/mol. The molecule has 0 aliphatic rings. The van der Waals surface area contributed by atoms with Crippen molar-refractivity contribution in [3.8, 4) is 0 Å². The van der Waals surface area contributed by atoms with Gasteiger partial charge in [0.1, 0.15) is 0 Å². The quantitative estimate of drug-likeness (QED) is 0.517. The first-order valence-electron chi connectivity index (χ1n) is 4.60. The minimum atomic E-state index is -0.531. The van der Waals surface area contributed by atoms with Gasteiger partial charge in [0.25, 0.3) is 0 Å². The van der Waals surface area contributed by atoms with Crippen LogP contribution in [-0.2, 0) is 9.47 Å². The van der Waals surface area contributed by atoms with Crippen LogP contribution in [-0.4, -0.2) is 19.4 Å². The molecule has 0 amide bonds. The lowest BCUT2D eigenvalue weighted by Gasteiger charge is -2.04. The van der Waals surface area contributed by atoms with Crippen LogP contribution < -0.4 is 6.15 Å². The fourth-order valence-electron chi connectivity index (χ4n) is 0.641. The Bertz CT molecular complexity index is 105. The molecule has 13 heavy (non-hydrogen) atoms. The van der Waals surface area contributed by atoms with Crippen LogP contribution in [0.3, 0.4) is 0 Å². The molecule has 0 aliphatic carbocycles. The highest BCUT2D eigenvalue weighted by Gasteiger charge is 2.00. The van der Waals surface area contributed by atoms with Gasteiger partial charge in [-0.1, -0.05) is 26.7 Å². The fraction of sp³-hybridized carbons (Fsp3) is 0.889. The van der Waals surface area contributed by atoms with Crippen LogP contribution in [0.15, 0.2) is 0 Å². The Kier molecular flexibility index (Phi) is 12.7. The lowest BCUT2D eigenvalue weighted by atomic mass is 10.4. The van der Waals surface area contributed by atoms with E-state index in [1.165, 1.54) is 0 Å². The Labute approximate surface area is 80.2 Å². The van der Waals surface area contributed by atoms with Gasteiger partial charge in [-0.15, -0.1) is 0 Å². The molecule has 0 aliphatic heterocycles. The minimum Gasteiger partial charge on any atom is -0.434 e. The van der Waals surface area contributed by atoms with E-state index in [1.807, 2.05) is 13.8 Å². The molecule has 0 unspecified atom stereocenters. The number of hydrogen-bond donors (Lipinski definition) is 1. The normalized spacial score (nSPS) is 8.77. The highest BCUT2D eigenvalue weighted by Crippen LogP contribution is 1.93. The maximum Gasteiger partial charge on any atom is 0.508 e. The van der Waals surface area contributed by atoms with E-state index in [-0.39, 0.29) is 6.15 Å². The molecular formula is C9H21NO3. The van der Waals surface area contributed by atoms with Crippen molar-refractivity contribution in [2.45, 2.75) is 39.5 Å². The number of rotatable bonds is 6. The van der Waals surface area contributed by atoms with Gasteiger partial charge in [0.05, 0.1) is 13.2 Å². The fourth-order valence-corrected chi connectivity index (χ4v) is 0.641. The first-order chi connectivity index (χ1) is 5.81. The summed E-state index contributed by atoms with van der Waals surface area (Å²) in [6, 6.07) is 0. The lowest BCUT2D eigenvalue weighted by molar-refractivity contribution is 0.0536. The molecule has 0 atom stereocenters. The van der Waals surface area contributed by atoms with Gasteiger partial charge in [-0.05, 0) is 12.8 Å². The van der Waals surface area contributed by atoms with Crippen LogP contribution in [0.25, 0.3) is 0 Å². The minimum absolute atomic E-state index is 0. The molecule has 0 spiro atoms. The highest BCUT2D eigenvalue weighted by molar-refractivity contribution is 5.59. The summed E-state index contributed by atoms with van der Waals surface area (Å²) >= 11 is 0. The molecule has 80 valence electrons. The number of carbonyl (C=O) groups is 1. The van der Waals surface area contributed by atoms with Gasteiger partial charge in [0.15, 0.2) is 0 Å². The second kappa shape index (κ2) is 11.2. The zero-order valence-electron chi connectivity index (χ0n) is 8.67. The smallest absolute Gasteiger partial charge is 0.434 e. The van der Waals surface area contributed by atoms with Crippen molar-refractivity contribution >= 4 is 6.16 Å². The molecule has 0 fully saturated rings. The van der Waals surface area contributed by atoms with Crippen molar-refractivity contribution in [1.82, 2.24) is 6.15 Å². The molecule has 0 saturated heterocycles. The van der Waals surface area contributed by atoms with Crippen LogP contribution in [0.2, 0.25) is 0 Å². The summed E-state index contributed by atoms with van der Waals surface area (Å²) in [4.78, 5) is 10.7. The van der Waals surface area contributed by atoms with Gasteiger partial charge >= 0.3 is 6.16 Å². The third-order valence-corrected chi connectivity index (χ3v) is 1.44. The third kappa shape index (κ3) is 11.2. The van der Waals surface area contributed by atoms with Crippen molar-refractivity contribution in [1.29, 1.82) is 0 Å². The SMILES string of the molecule is CCCCOC(=O)OCCCC.N. The van der Waals surface area contributed by atoms with Gasteiger partial charge in [-0.25, -0.2) is 4.79 Å². The van der Waals surface area contributed by atoms with E-state index < -0.39 is 6.16 Å². The molecule has 0 aromatic carbocycles. The van der Waals surface area contributed by atoms with Gasteiger partial charge in [-0.3, -0.25) is 0 Å². The van der Waals surface area contributed by atoms with E-state index in [1.54, 1.807) is 0 Å². The molecule has 0 saturated carbocycles. The molecule has 4 heteroatoms. The van der Waals surface area contributed by atoms with Gasteiger partial charge in [-0.2, -0.15) is 0 Å². The molecule has 0 aromatic rings. The van der Waals surface area contributed by atoms with Crippen LogP contribution in [0, 0.1) is 0 Å². The summed E-state index contributed by atoms with van der Waals surface area (Å²) < 4.78 is 9.54. The van der Waals surface area contributed by atoms with Crippen molar-refractivity contribution in [2.75, 3.05) is 13.2 Å². The van der Waals surface area contributed by atoms with Crippen molar-refractivity contribution in [3.63, 3.8) is 0 Å². The number of carbonyl (C=O) groups excluding carboxylic acids is 1. The van der Waals surface area contributed by atoms with Crippen LogP contribution in [0.4, 0.5) is 4.79 Å². The van der Waals surface area contributed by atoms with E-state index in [0.29, 0.717) is 13.2 Å². The summed E-state index contributed by atoms with van der Waals surface area (Å²) in [5, 5.41) is 0. The van der Waals surface area contributed by atoms with E-state index in [9.17, 15) is 4.79 Å². The van der Waals surface area contributed by atoms with E-state index in [2.05, 4.69) is 0 Å². The maximum atomic E-state index is 10.7. The molecule has 3 N–H and O–H groups in total. The number of unbranched alkanes of at least 4 members (excludes halogenated alkanes) is 2. The lowest BCUT2D eigenvalue weighted by Crippen LogP contribution is -2.09. The molecule has 0 radical (unpaired) electrons. The Balaban J connectivity index is 0. The molecule has 0 heterocycles. The van der Waals surface area contributed by atoms with Crippen LogP contribution in [0.1, 0.15) is 39.5 Å². The van der Waals surface area contributed by atoms with Gasteiger partial charge in [0.2, 0.25) is 0 Å².